The van der Waals surface area contributed by atoms with Crippen LogP contribution in [0, 0.1) is 13.8 Å². The Morgan fingerprint density at radius 1 is 0.944 bits per heavy atom. The van der Waals surface area contributed by atoms with E-state index in [1.807, 2.05) is 0 Å². The molecule has 1 heteroatoms. The molecule has 1 nitrogen and oxygen atoms in total. The van der Waals surface area contributed by atoms with Crippen LogP contribution in [0.2, 0.25) is 0 Å². The van der Waals surface area contributed by atoms with Crippen molar-refractivity contribution in [2.24, 2.45) is 0 Å². The molecule has 0 aromatic heterocycles. The zero-order chi connectivity index (χ0) is 13.0. The highest BCUT2D eigenvalue weighted by molar-refractivity contribution is 5.30. The highest BCUT2D eigenvalue weighted by Gasteiger charge is 2.04. The van der Waals surface area contributed by atoms with Gasteiger partial charge >= 0.3 is 0 Å². The molecule has 0 aliphatic carbocycles. The van der Waals surface area contributed by atoms with Gasteiger partial charge in [0.05, 0.1) is 0 Å². The van der Waals surface area contributed by atoms with Crippen LogP contribution in [0.25, 0.3) is 0 Å². The fourth-order valence-electron chi connectivity index (χ4n) is 2.04. The van der Waals surface area contributed by atoms with Crippen molar-refractivity contribution >= 4 is 0 Å². The summed E-state index contributed by atoms with van der Waals surface area (Å²) in [6, 6.07) is 17.6. The van der Waals surface area contributed by atoms with E-state index in [1.54, 1.807) is 0 Å². The van der Waals surface area contributed by atoms with E-state index in [0.29, 0.717) is 6.04 Å². The molecule has 2 rings (SSSR count). The molecule has 1 N–H and O–H groups in total. The second-order valence-corrected chi connectivity index (χ2v) is 4.93. The normalized spacial score (nSPS) is 12.4. The second-order valence-electron chi connectivity index (χ2n) is 4.93. The van der Waals surface area contributed by atoms with E-state index in [-0.39, 0.29) is 0 Å². The van der Waals surface area contributed by atoms with Gasteiger partial charge in [-0.1, -0.05) is 48.5 Å². The molecular weight excluding hydrogens is 218 g/mol. The molecule has 94 valence electrons. The highest BCUT2D eigenvalue weighted by atomic mass is 14.9. The molecule has 0 saturated carbocycles. The molecule has 1 atom stereocenters. The van der Waals surface area contributed by atoms with Crippen LogP contribution in [0.5, 0.6) is 0 Å². The summed E-state index contributed by atoms with van der Waals surface area (Å²) in [6.07, 6.45) is 0. The maximum Gasteiger partial charge on any atom is 0.0294 e. The first kappa shape index (κ1) is 12.8. The molecule has 0 spiro atoms. The number of nitrogens with one attached hydrogen (secondary N) is 1. The quantitative estimate of drug-likeness (QED) is 0.845. The van der Waals surface area contributed by atoms with Gasteiger partial charge in [0, 0.05) is 12.6 Å². The lowest BCUT2D eigenvalue weighted by Crippen LogP contribution is -2.18. The number of rotatable bonds is 4. The van der Waals surface area contributed by atoms with Gasteiger partial charge in [-0.05, 0) is 43.0 Å². The summed E-state index contributed by atoms with van der Waals surface area (Å²) in [6.45, 7) is 7.44. The third-order valence-corrected chi connectivity index (χ3v) is 3.48. The minimum Gasteiger partial charge on any atom is -0.306 e. The summed E-state index contributed by atoms with van der Waals surface area (Å²) in [5.74, 6) is 0. The average molecular weight is 239 g/mol. The zero-order valence-corrected chi connectivity index (χ0v) is 11.4. The molecule has 0 heterocycles. The molecule has 0 amide bonds. The van der Waals surface area contributed by atoms with Crippen LogP contribution in [-0.2, 0) is 6.54 Å². The van der Waals surface area contributed by atoms with Crippen molar-refractivity contribution < 1.29 is 0 Å². The smallest absolute Gasteiger partial charge is 0.0294 e. The summed E-state index contributed by atoms with van der Waals surface area (Å²) >= 11 is 0. The van der Waals surface area contributed by atoms with Gasteiger partial charge in [-0.3, -0.25) is 0 Å². The van der Waals surface area contributed by atoms with Crippen molar-refractivity contribution in [1.82, 2.24) is 5.32 Å². The number of hydrogen-bond acceptors (Lipinski definition) is 1. The second kappa shape index (κ2) is 5.83. The Morgan fingerprint density at radius 2 is 1.67 bits per heavy atom. The van der Waals surface area contributed by atoms with Gasteiger partial charge in [-0.15, -0.1) is 0 Å². The largest absolute Gasteiger partial charge is 0.306 e. The molecule has 0 unspecified atom stereocenters. The lowest BCUT2D eigenvalue weighted by Gasteiger charge is -2.14. The van der Waals surface area contributed by atoms with Crippen LogP contribution in [0.15, 0.2) is 48.5 Å². The molecule has 0 aliphatic rings. The summed E-state index contributed by atoms with van der Waals surface area (Å²) in [5, 5.41) is 3.56. The average Bonchev–Trinajstić information content (AvgIpc) is 2.41. The lowest BCUT2D eigenvalue weighted by molar-refractivity contribution is 0.574. The SMILES string of the molecule is Cc1ccc(CN[C@@H](C)c2ccccc2)cc1C. The third kappa shape index (κ3) is 3.21. The molecule has 0 aliphatic heterocycles. The van der Waals surface area contributed by atoms with Crippen LogP contribution < -0.4 is 5.32 Å². The number of aryl methyl sites for hydroxylation is 2. The topological polar surface area (TPSA) is 12.0 Å². The van der Waals surface area contributed by atoms with Crippen molar-refractivity contribution in [2.45, 2.75) is 33.4 Å². The standard InChI is InChI=1S/C17H21N/c1-13-9-10-16(11-14(13)2)12-18-15(3)17-7-5-4-6-8-17/h4-11,15,18H,12H2,1-3H3/t15-/m0/s1. The summed E-state index contributed by atoms with van der Waals surface area (Å²) in [5.41, 5.74) is 5.40. The molecule has 2 aromatic rings. The van der Waals surface area contributed by atoms with Gasteiger partial charge in [0.1, 0.15) is 0 Å². The Morgan fingerprint density at radius 3 is 2.33 bits per heavy atom. The first-order valence-electron chi connectivity index (χ1n) is 6.51. The monoisotopic (exact) mass is 239 g/mol. The van der Waals surface area contributed by atoms with E-state index in [1.165, 1.54) is 22.3 Å². The summed E-state index contributed by atoms with van der Waals surface area (Å²) in [4.78, 5) is 0. The van der Waals surface area contributed by atoms with Crippen molar-refractivity contribution in [3.8, 4) is 0 Å². The molecule has 18 heavy (non-hydrogen) atoms. The predicted octanol–water partition coefficient (Wildman–Crippen LogP) is 4.15. The Balaban J connectivity index is 1.97. The van der Waals surface area contributed by atoms with Gasteiger partial charge in [0.25, 0.3) is 0 Å². The van der Waals surface area contributed by atoms with E-state index in [9.17, 15) is 0 Å². The predicted molar refractivity (Wildman–Crippen MR) is 77.6 cm³/mol. The third-order valence-electron chi connectivity index (χ3n) is 3.48. The number of benzene rings is 2. The maximum absolute atomic E-state index is 3.56. The Labute approximate surface area is 110 Å². The zero-order valence-electron chi connectivity index (χ0n) is 11.4. The van der Waals surface area contributed by atoms with Crippen LogP contribution >= 0.6 is 0 Å². The Kier molecular flexibility index (Phi) is 4.16. The first-order chi connectivity index (χ1) is 8.66. The maximum atomic E-state index is 3.56. The Hall–Kier alpha value is -1.60. The minimum atomic E-state index is 0.382. The van der Waals surface area contributed by atoms with Crippen LogP contribution in [0.1, 0.15) is 35.2 Å². The highest BCUT2D eigenvalue weighted by Crippen LogP contribution is 2.14. The van der Waals surface area contributed by atoms with Gasteiger partial charge in [0.2, 0.25) is 0 Å². The van der Waals surface area contributed by atoms with Crippen LogP contribution in [0.4, 0.5) is 0 Å². The van der Waals surface area contributed by atoms with Crippen molar-refractivity contribution in [1.29, 1.82) is 0 Å². The lowest BCUT2D eigenvalue weighted by atomic mass is 10.1. The van der Waals surface area contributed by atoms with E-state index >= 15 is 0 Å². The summed E-state index contributed by atoms with van der Waals surface area (Å²) in [7, 11) is 0. The molecular formula is C17H21N. The molecule has 0 radical (unpaired) electrons. The van der Waals surface area contributed by atoms with Crippen LogP contribution in [0.3, 0.4) is 0 Å². The molecule has 0 fully saturated rings. The van der Waals surface area contributed by atoms with E-state index < -0.39 is 0 Å². The molecule has 2 aromatic carbocycles. The fourth-order valence-corrected chi connectivity index (χ4v) is 2.04. The van der Waals surface area contributed by atoms with E-state index in [2.05, 4.69) is 74.6 Å². The molecule has 0 saturated heterocycles. The van der Waals surface area contributed by atoms with E-state index in [0.717, 1.165) is 6.54 Å². The Bertz CT molecular complexity index is 502. The van der Waals surface area contributed by atoms with Crippen molar-refractivity contribution in [2.75, 3.05) is 0 Å². The van der Waals surface area contributed by atoms with Gasteiger partial charge in [-0.2, -0.15) is 0 Å². The minimum absolute atomic E-state index is 0.382. The van der Waals surface area contributed by atoms with Crippen LogP contribution in [-0.4, -0.2) is 0 Å². The van der Waals surface area contributed by atoms with E-state index in [4.69, 9.17) is 0 Å². The van der Waals surface area contributed by atoms with Crippen molar-refractivity contribution in [3.63, 3.8) is 0 Å². The first-order valence-corrected chi connectivity index (χ1v) is 6.51. The number of hydrogen-bond donors (Lipinski definition) is 1. The molecule has 0 bridgehead atoms. The summed E-state index contributed by atoms with van der Waals surface area (Å²) < 4.78 is 0. The fraction of sp³-hybridized carbons (Fsp3) is 0.294. The van der Waals surface area contributed by atoms with Gasteiger partial charge in [-0.25, -0.2) is 0 Å². The van der Waals surface area contributed by atoms with Gasteiger partial charge < -0.3 is 5.32 Å². The van der Waals surface area contributed by atoms with Crippen molar-refractivity contribution in [3.05, 3.63) is 70.8 Å². The van der Waals surface area contributed by atoms with Gasteiger partial charge in [0.15, 0.2) is 0 Å².